The molecular formula is C8H17NO4. The molecule has 0 aromatic rings. The molecule has 0 bridgehead atoms. The lowest BCUT2D eigenvalue weighted by atomic mass is 10.2. The summed E-state index contributed by atoms with van der Waals surface area (Å²) in [5.74, 6) is -0.997. The number of carbonyl (C=O) groups excluding carboxylic acids is 1. The fourth-order valence-electron chi connectivity index (χ4n) is 0.832. The second kappa shape index (κ2) is 4.11. The lowest BCUT2D eigenvalue weighted by Crippen LogP contribution is -2.28. The zero-order valence-electron chi connectivity index (χ0n) is 6.33. The van der Waals surface area contributed by atoms with Crippen molar-refractivity contribution in [3.05, 3.63) is 0 Å². The molecule has 1 heterocycles. The molecule has 0 radical (unpaired) electrons. The van der Waals surface area contributed by atoms with Crippen LogP contribution in [-0.4, -0.2) is 41.3 Å². The molecule has 0 aliphatic carbocycles. The van der Waals surface area contributed by atoms with Crippen molar-refractivity contribution in [3.63, 3.8) is 0 Å². The first kappa shape index (κ1) is 14.3. The molecule has 5 nitrogen and oxygen atoms in total. The van der Waals surface area contributed by atoms with E-state index in [-0.39, 0.29) is 21.4 Å². The predicted octanol–water partition coefficient (Wildman–Crippen LogP) is 1.18. The highest BCUT2D eigenvalue weighted by atomic mass is 16.5. The number of nitrogens with zero attached hydrogens (tertiary/aromatic N) is 1. The Hall–Kier alpha value is -1.26. The average Bonchev–Trinajstić information content (AvgIpc) is 2.63. The minimum atomic E-state index is -1.03. The number of ether oxygens (including phenoxy) is 1. The Bertz CT molecular complexity index is 216. The number of amides is 1. The van der Waals surface area contributed by atoms with Gasteiger partial charge in [0, 0.05) is 0 Å². The third-order valence-corrected chi connectivity index (χ3v) is 1.81. The summed E-state index contributed by atoms with van der Waals surface area (Å²) in [5, 5.41) is 8.58. The number of carboxylic acids is 1. The van der Waals surface area contributed by atoms with E-state index in [9.17, 15) is 9.59 Å². The van der Waals surface area contributed by atoms with E-state index in [1.807, 2.05) is 0 Å². The summed E-state index contributed by atoms with van der Waals surface area (Å²) in [6.07, 6.45) is -0.588. The van der Waals surface area contributed by atoms with Crippen molar-refractivity contribution in [2.45, 2.75) is 27.3 Å². The van der Waals surface area contributed by atoms with Crippen LogP contribution >= 0.6 is 0 Å². The highest BCUT2D eigenvalue weighted by Gasteiger charge is 2.58. The number of hydrogen-bond acceptors (Lipinski definition) is 3. The molecule has 1 unspecified atom stereocenters. The molecule has 1 amide bonds. The number of rotatable bonds is 1. The van der Waals surface area contributed by atoms with E-state index >= 15 is 0 Å². The molecule has 1 aliphatic rings. The third kappa shape index (κ3) is 2.11. The Morgan fingerprint density at radius 3 is 2.15 bits per heavy atom. The molecular weight excluding hydrogens is 174 g/mol. The molecule has 5 heteroatoms. The number of aliphatic carboxylic acids is 1. The summed E-state index contributed by atoms with van der Waals surface area (Å²) in [6, 6.07) is 0. The van der Waals surface area contributed by atoms with Crippen LogP contribution in [0.25, 0.3) is 0 Å². The van der Waals surface area contributed by atoms with Gasteiger partial charge in [-0.15, -0.1) is 0 Å². The largest absolute Gasteiger partial charge is 0.479 e. The molecule has 0 aromatic carbocycles. The fourth-order valence-corrected chi connectivity index (χ4v) is 0.832. The summed E-state index contributed by atoms with van der Waals surface area (Å²) in [5.41, 5.74) is -1.03. The van der Waals surface area contributed by atoms with Crippen molar-refractivity contribution >= 4 is 12.1 Å². The number of hydrogen-bond donors (Lipinski definition) is 1. The maximum absolute atomic E-state index is 10.7. The molecule has 0 aromatic heterocycles. The topological polar surface area (TPSA) is 66.6 Å². The molecule has 1 rings (SSSR count). The van der Waals surface area contributed by atoms with Gasteiger partial charge in [-0.05, 0) is 6.92 Å². The van der Waals surface area contributed by atoms with Crippen LogP contribution in [0.4, 0.5) is 4.79 Å². The smallest absolute Gasteiger partial charge is 0.410 e. The zero-order chi connectivity index (χ0) is 8.65. The Morgan fingerprint density at radius 2 is 1.92 bits per heavy atom. The minimum Gasteiger partial charge on any atom is -0.479 e. The van der Waals surface area contributed by atoms with Gasteiger partial charge in [0.15, 0.2) is 5.54 Å². The van der Waals surface area contributed by atoms with E-state index in [2.05, 4.69) is 4.74 Å². The van der Waals surface area contributed by atoms with Gasteiger partial charge in [0.2, 0.25) is 0 Å². The molecule has 1 N–H and O–H groups in total. The van der Waals surface area contributed by atoms with Crippen LogP contribution in [0.5, 0.6) is 0 Å². The first-order valence-electron chi connectivity index (χ1n) is 3.11. The second-order valence-electron chi connectivity index (χ2n) is 2.64. The summed E-state index contributed by atoms with van der Waals surface area (Å²) in [4.78, 5) is 22.3. The Balaban J connectivity index is 0. The first-order valence-corrected chi connectivity index (χ1v) is 3.11. The van der Waals surface area contributed by atoms with Gasteiger partial charge in [-0.25, -0.2) is 9.59 Å². The van der Waals surface area contributed by atoms with Gasteiger partial charge in [0.05, 0.1) is 13.7 Å². The van der Waals surface area contributed by atoms with Gasteiger partial charge < -0.3 is 9.84 Å². The van der Waals surface area contributed by atoms with Gasteiger partial charge in [0.1, 0.15) is 0 Å². The maximum Gasteiger partial charge on any atom is 0.410 e. The lowest BCUT2D eigenvalue weighted by Gasteiger charge is -2.04. The van der Waals surface area contributed by atoms with Crippen molar-refractivity contribution in [3.8, 4) is 0 Å². The third-order valence-electron chi connectivity index (χ3n) is 1.81. The van der Waals surface area contributed by atoms with E-state index in [4.69, 9.17) is 5.11 Å². The molecule has 1 atom stereocenters. The minimum absolute atomic E-state index is 0. The van der Waals surface area contributed by atoms with Crippen LogP contribution in [0, 0.1) is 0 Å². The molecule has 1 fully saturated rings. The second-order valence-corrected chi connectivity index (χ2v) is 2.64. The summed E-state index contributed by atoms with van der Waals surface area (Å²) < 4.78 is 4.34. The average molecular weight is 191 g/mol. The van der Waals surface area contributed by atoms with Crippen LogP contribution in [-0.2, 0) is 9.53 Å². The van der Waals surface area contributed by atoms with Crippen LogP contribution in [0.15, 0.2) is 0 Å². The number of methoxy groups -OCH3 is 1. The summed E-state index contributed by atoms with van der Waals surface area (Å²) in [7, 11) is 1.23. The SMILES string of the molecule is C.C.COC(=O)N1CC1(C)C(=O)O. The molecule has 13 heavy (non-hydrogen) atoms. The van der Waals surface area contributed by atoms with Crippen molar-refractivity contribution in [2.24, 2.45) is 0 Å². The van der Waals surface area contributed by atoms with Crippen LogP contribution in [0.2, 0.25) is 0 Å². The van der Waals surface area contributed by atoms with Crippen LogP contribution in [0.3, 0.4) is 0 Å². The highest BCUT2D eigenvalue weighted by Crippen LogP contribution is 2.32. The molecule has 0 saturated carbocycles. The van der Waals surface area contributed by atoms with Crippen LogP contribution < -0.4 is 0 Å². The van der Waals surface area contributed by atoms with Gasteiger partial charge in [-0.3, -0.25) is 4.90 Å². The Kier molecular flexibility index (Phi) is 4.52. The molecule has 1 saturated heterocycles. The highest BCUT2D eigenvalue weighted by molar-refractivity contribution is 5.89. The van der Waals surface area contributed by atoms with Crippen LogP contribution in [0.1, 0.15) is 21.8 Å². The lowest BCUT2D eigenvalue weighted by molar-refractivity contribution is -0.140. The molecule has 78 valence electrons. The van der Waals surface area contributed by atoms with Crippen molar-refractivity contribution in [2.75, 3.05) is 13.7 Å². The fraction of sp³-hybridized carbons (Fsp3) is 0.750. The van der Waals surface area contributed by atoms with E-state index in [0.717, 1.165) is 4.90 Å². The van der Waals surface area contributed by atoms with Crippen molar-refractivity contribution in [1.82, 2.24) is 4.90 Å². The van der Waals surface area contributed by atoms with Gasteiger partial charge in [-0.2, -0.15) is 0 Å². The quantitative estimate of drug-likeness (QED) is 0.632. The van der Waals surface area contributed by atoms with E-state index in [0.29, 0.717) is 0 Å². The van der Waals surface area contributed by atoms with E-state index < -0.39 is 17.6 Å². The number of carbonyl (C=O) groups is 2. The number of carboxylic acid groups (broad SMARTS) is 1. The normalized spacial score (nSPS) is 23.7. The monoisotopic (exact) mass is 191 g/mol. The Morgan fingerprint density at radius 1 is 1.46 bits per heavy atom. The Labute approximate surface area is 78.3 Å². The van der Waals surface area contributed by atoms with Crippen molar-refractivity contribution in [1.29, 1.82) is 0 Å². The molecule has 0 spiro atoms. The molecule has 1 aliphatic heterocycles. The summed E-state index contributed by atoms with van der Waals surface area (Å²) >= 11 is 0. The van der Waals surface area contributed by atoms with Gasteiger partial charge >= 0.3 is 12.1 Å². The van der Waals surface area contributed by atoms with Gasteiger partial charge in [-0.1, -0.05) is 14.9 Å². The van der Waals surface area contributed by atoms with E-state index in [1.165, 1.54) is 14.0 Å². The first-order chi connectivity index (χ1) is 5.02. The standard InChI is InChI=1S/C6H9NO4.2CH4/c1-6(4(8)9)3-7(6)5(10)11-2;;/h3H2,1-2H3,(H,8,9);2*1H4. The van der Waals surface area contributed by atoms with Gasteiger partial charge in [0.25, 0.3) is 0 Å². The van der Waals surface area contributed by atoms with Crippen molar-refractivity contribution < 1.29 is 19.4 Å². The summed E-state index contributed by atoms with van der Waals surface area (Å²) in [6.45, 7) is 1.71. The van der Waals surface area contributed by atoms with E-state index in [1.54, 1.807) is 0 Å². The predicted molar refractivity (Wildman–Crippen MR) is 48.6 cm³/mol. The maximum atomic E-state index is 10.7. The zero-order valence-corrected chi connectivity index (χ0v) is 6.33.